The summed E-state index contributed by atoms with van der Waals surface area (Å²) in [4.78, 5) is 0. The lowest BCUT2D eigenvalue weighted by molar-refractivity contribution is 0.130. The second-order valence-corrected chi connectivity index (χ2v) is 5.78. The van der Waals surface area contributed by atoms with Gasteiger partial charge < -0.3 is 9.84 Å². The molecule has 0 aromatic heterocycles. The van der Waals surface area contributed by atoms with E-state index in [1.165, 1.54) is 43.2 Å². The fourth-order valence-corrected chi connectivity index (χ4v) is 3.27. The number of benzene rings is 1. The average Bonchev–Trinajstić information content (AvgIpc) is 2.87. The number of aliphatic hydroxyl groups excluding tert-OH is 1. The smallest absolute Gasteiger partial charge is 0.0792 e. The van der Waals surface area contributed by atoms with E-state index in [-0.39, 0.29) is 6.10 Å². The topological polar surface area (TPSA) is 29.5 Å². The van der Waals surface area contributed by atoms with E-state index in [4.69, 9.17) is 4.74 Å². The summed E-state index contributed by atoms with van der Waals surface area (Å²) in [7, 11) is 0. The first-order chi connectivity index (χ1) is 8.83. The van der Waals surface area contributed by atoms with Crippen molar-refractivity contribution in [2.45, 2.75) is 57.8 Å². The van der Waals surface area contributed by atoms with Crippen LogP contribution < -0.4 is 0 Å². The van der Waals surface area contributed by atoms with Gasteiger partial charge in [-0.25, -0.2) is 0 Å². The van der Waals surface area contributed by atoms with Crippen molar-refractivity contribution in [2.24, 2.45) is 5.92 Å². The number of rotatable bonds is 3. The monoisotopic (exact) mass is 246 g/mol. The number of ether oxygens (including phenoxy) is 1. The molecule has 1 heterocycles. The summed E-state index contributed by atoms with van der Waals surface area (Å²) in [5.74, 6) is 0.721. The first-order valence-electron chi connectivity index (χ1n) is 7.20. The molecule has 1 aliphatic carbocycles. The van der Waals surface area contributed by atoms with Crippen molar-refractivity contribution < 1.29 is 9.84 Å². The summed E-state index contributed by atoms with van der Waals surface area (Å²) in [5, 5.41) is 10.4. The minimum absolute atomic E-state index is 0.293. The van der Waals surface area contributed by atoms with Crippen LogP contribution >= 0.6 is 0 Å². The molecule has 0 saturated heterocycles. The zero-order valence-electron chi connectivity index (χ0n) is 10.9. The zero-order valence-corrected chi connectivity index (χ0v) is 10.9. The van der Waals surface area contributed by atoms with E-state index in [0.29, 0.717) is 6.61 Å². The van der Waals surface area contributed by atoms with Gasteiger partial charge in [-0.05, 0) is 29.0 Å². The SMILES string of the molecule is OC(CC1CCCCC1)c1ccc2c(c1)COC2. The maximum absolute atomic E-state index is 10.4. The highest BCUT2D eigenvalue weighted by molar-refractivity contribution is 5.34. The van der Waals surface area contributed by atoms with Crippen molar-refractivity contribution in [3.63, 3.8) is 0 Å². The average molecular weight is 246 g/mol. The van der Waals surface area contributed by atoms with Crippen LogP contribution in [0.5, 0.6) is 0 Å². The van der Waals surface area contributed by atoms with Crippen LogP contribution in [0.25, 0.3) is 0 Å². The van der Waals surface area contributed by atoms with Crippen molar-refractivity contribution in [3.8, 4) is 0 Å². The molecule has 0 amide bonds. The van der Waals surface area contributed by atoms with Crippen LogP contribution in [0.2, 0.25) is 0 Å². The molecule has 1 saturated carbocycles. The Morgan fingerprint density at radius 1 is 1.11 bits per heavy atom. The minimum atomic E-state index is -0.293. The summed E-state index contributed by atoms with van der Waals surface area (Å²) in [5.41, 5.74) is 3.61. The maximum atomic E-state index is 10.4. The Kier molecular flexibility index (Phi) is 3.67. The lowest BCUT2D eigenvalue weighted by atomic mass is 9.84. The number of hydrogen-bond donors (Lipinski definition) is 1. The third kappa shape index (κ3) is 2.60. The molecule has 1 aromatic carbocycles. The lowest BCUT2D eigenvalue weighted by Crippen LogP contribution is -2.11. The van der Waals surface area contributed by atoms with Gasteiger partial charge in [0.05, 0.1) is 19.3 Å². The highest BCUT2D eigenvalue weighted by atomic mass is 16.5. The van der Waals surface area contributed by atoms with Gasteiger partial charge in [-0.15, -0.1) is 0 Å². The number of hydrogen-bond acceptors (Lipinski definition) is 2. The maximum Gasteiger partial charge on any atom is 0.0792 e. The Morgan fingerprint density at radius 2 is 1.89 bits per heavy atom. The molecule has 1 unspecified atom stereocenters. The van der Waals surface area contributed by atoms with Crippen LogP contribution in [-0.4, -0.2) is 5.11 Å². The predicted octanol–water partition coefficient (Wildman–Crippen LogP) is 3.72. The third-order valence-corrected chi connectivity index (χ3v) is 4.41. The molecular weight excluding hydrogens is 224 g/mol. The van der Waals surface area contributed by atoms with Gasteiger partial charge in [0, 0.05) is 0 Å². The molecule has 1 aromatic rings. The van der Waals surface area contributed by atoms with Gasteiger partial charge in [-0.1, -0.05) is 50.3 Å². The Bertz CT molecular complexity index is 408. The Hall–Kier alpha value is -0.860. The zero-order chi connectivity index (χ0) is 12.4. The van der Waals surface area contributed by atoms with Crippen LogP contribution in [-0.2, 0) is 18.0 Å². The number of fused-ring (bicyclic) bond motifs is 1. The highest BCUT2D eigenvalue weighted by Crippen LogP contribution is 2.33. The van der Waals surface area contributed by atoms with Gasteiger partial charge in [-0.3, -0.25) is 0 Å². The Labute approximate surface area is 109 Å². The first kappa shape index (κ1) is 12.2. The van der Waals surface area contributed by atoms with Crippen molar-refractivity contribution in [2.75, 3.05) is 0 Å². The van der Waals surface area contributed by atoms with Crippen molar-refractivity contribution in [1.82, 2.24) is 0 Å². The van der Waals surface area contributed by atoms with Gasteiger partial charge in [0.15, 0.2) is 0 Å². The quantitative estimate of drug-likeness (QED) is 0.880. The fourth-order valence-electron chi connectivity index (χ4n) is 3.27. The van der Waals surface area contributed by atoms with E-state index in [0.717, 1.165) is 24.5 Å². The van der Waals surface area contributed by atoms with E-state index in [2.05, 4.69) is 18.2 Å². The summed E-state index contributed by atoms with van der Waals surface area (Å²) in [6, 6.07) is 6.32. The summed E-state index contributed by atoms with van der Waals surface area (Å²) < 4.78 is 5.42. The summed E-state index contributed by atoms with van der Waals surface area (Å²) >= 11 is 0. The van der Waals surface area contributed by atoms with E-state index < -0.39 is 0 Å². The molecule has 2 heteroatoms. The first-order valence-corrected chi connectivity index (χ1v) is 7.20. The van der Waals surface area contributed by atoms with Crippen LogP contribution in [0, 0.1) is 5.92 Å². The molecule has 0 spiro atoms. The van der Waals surface area contributed by atoms with E-state index in [9.17, 15) is 5.11 Å². The second kappa shape index (κ2) is 5.41. The molecule has 1 aliphatic heterocycles. The molecule has 18 heavy (non-hydrogen) atoms. The minimum Gasteiger partial charge on any atom is -0.388 e. The standard InChI is InChI=1S/C16H22O2/c17-16(8-12-4-2-1-3-5-12)13-6-7-14-10-18-11-15(14)9-13/h6-7,9,12,16-17H,1-5,8,10-11H2. The van der Waals surface area contributed by atoms with Crippen molar-refractivity contribution >= 4 is 0 Å². The molecule has 98 valence electrons. The van der Waals surface area contributed by atoms with Gasteiger partial charge in [0.25, 0.3) is 0 Å². The highest BCUT2D eigenvalue weighted by Gasteiger charge is 2.20. The number of aliphatic hydroxyl groups is 1. The van der Waals surface area contributed by atoms with Crippen LogP contribution in [0.15, 0.2) is 18.2 Å². The van der Waals surface area contributed by atoms with Gasteiger partial charge in [0.2, 0.25) is 0 Å². The molecular formula is C16H22O2. The molecule has 2 nitrogen and oxygen atoms in total. The predicted molar refractivity (Wildman–Crippen MR) is 71.1 cm³/mol. The fraction of sp³-hybridized carbons (Fsp3) is 0.625. The van der Waals surface area contributed by atoms with E-state index >= 15 is 0 Å². The summed E-state index contributed by atoms with van der Waals surface area (Å²) in [6.07, 6.45) is 7.29. The Balaban J connectivity index is 1.66. The lowest BCUT2D eigenvalue weighted by Gasteiger charge is -2.24. The summed E-state index contributed by atoms with van der Waals surface area (Å²) in [6.45, 7) is 1.44. The molecule has 1 atom stereocenters. The second-order valence-electron chi connectivity index (χ2n) is 5.78. The van der Waals surface area contributed by atoms with E-state index in [1.807, 2.05) is 0 Å². The molecule has 0 radical (unpaired) electrons. The third-order valence-electron chi connectivity index (χ3n) is 4.41. The Morgan fingerprint density at radius 3 is 2.72 bits per heavy atom. The van der Waals surface area contributed by atoms with Gasteiger partial charge in [-0.2, -0.15) is 0 Å². The molecule has 1 N–H and O–H groups in total. The van der Waals surface area contributed by atoms with Crippen LogP contribution in [0.4, 0.5) is 0 Å². The normalized spacial score (nSPS) is 21.8. The molecule has 1 fully saturated rings. The molecule has 0 bridgehead atoms. The van der Waals surface area contributed by atoms with E-state index in [1.54, 1.807) is 0 Å². The van der Waals surface area contributed by atoms with Gasteiger partial charge in [0.1, 0.15) is 0 Å². The van der Waals surface area contributed by atoms with Crippen molar-refractivity contribution in [1.29, 1.82) is 0 Å². The van der Waals surface area contributed by atoms with Gasteiger partial charge >= 0.3 is 0 Å². The van der Waals surface area contributed by atoms with Crippen molar-refractivity contribution in [3.05, 3.63) is 34.9 Å². The van der Waals surface area contributed by atoms with Crippen LogP contribution in [0.3, 0.4) is 0 Å². The molecule has 3 rings (SSSR count). The largest absolute Gasteiger partial charge is 0.388 e. The molecule has 2 aliphatic rings. The van der Waals surface area contributed by atoms with Crippen LogP contribution in [0.1, 0.15) is 61.3 Å².